The lowest BCUT2D eigenvalue weighted by Crippen LogP contribution is -2.05. The Bertz CT molecular complexity index is 676. The number of hydrogen-bond acceptors (Lipinski definition) is 1. The molecule has 0 aromatic heterocycles. The van der Waals surface area contributed by atoms with Gasteiger partial charge in [-0.15, -0.1) is 0 Å². The highest BCUT2D eigenvalue weighted by molar-refractivity contribution is 6.30. The molecule has 0 aliphatic heterocycles. The van der Waals surface area contributed by atoms with E-state index in [-0.39, 0.29) is 12.3 Å². The lowest BCUT2D eigenvalue weighted by atomic mass is 9.93. The van der Waals surface area contributed by atoms with Crippen LogP contribution < -0.4 is 0 Å². The van der Waals surface area contributed by atoms with Crippen molar-refractivity contribution < 1.29 is 9.90 Å². The zero-order valence-corrected chi connectivity index (χ0v) is 11.2. The molecule has 1 aliphatic carbocycles. The van der Waals surface area contributed by atoms with E-state index in [4.69, 9.17) is 16.7 Å². The maximum atomic E-state index is 11.1. The van der Waals surface area contributed by atoms with Crippen molar-refractivity contribution in [2.24, 2.45) is 0 Å². The summed E-state index contributed by atoms with van der Waals surface area (Å²) in [7, 11) is 0. The highest BCUT2D eigenvalue weighted by Crippen LogP contribution is 2.48. The predicted octanol–water partition coefficient (Wildman–Crippen LogP) is 4.24. The molecule has 19 heavy (non-hydrogen) atoms. The summed E-state index contributed by atoms with van der Waals surface area (Å²) in [5, 5.41) is 9.78. The van der Waals surface area contributed by atoms with Crippen LogP contribution in [0.5, 0.6) is 0 Å². The molecule has 0 saturated heterocycles. The largest absolute Gasteiger partial charge is 0.481 e. The first-order valence-corrected chi connectivity index (χ1v) is 6.57. The van der Waals surface area contributed by atoms with Crippen molar-refractivity contribution in [2.75, 3.05) is 0 Å². The SMILES string of the molecule is Cc1cccc2c1-c1ccc(Cl)cc1C2CC(=O)O. The van der Waals surface area contributed by atoms with Crippen LogP contribution in [-0.2, 0) is 4.79 Å². The summed E-state index contributed by atoms with van der Waals surface area (Å²) in [6, 6.07) is 11.8. The van der Waals surface area contributed by atoms with Crippen molar-refractivity contribution in [1.29, 1.82) is 0 Å². The number of aliphatic carboxylic acids is 1. The van der Waals surface area contributed by atoms with E-state index in [0.717, 1.165) is 16.7 Å². The predicted molar refractivity (Wildman–Crippen MR) is 75.7 cm³/mol. The number of carboxylic acid groups (broad SMARTS) is 1. The molecule has 0 fully saturated rings. The molecule has 0 radical (unpaired) electrons. The van der Waals surface area contributed by atoms with Crippen LogP contribution in [-0.4, -0.2) is 11.1 Å². The molecule has 0 bridgehead atoms. The van der Waals surface area contributed by atoms with Crippen LogP contribution in [0.25, 0.3) is 11.1 Å². The van der Waals surface area contributed by atoms with Gasteiger partial charge in [0.25, 0.3) is 0 Å². The third-order valence-electron chi connectivity index (χ3n) is 3.72. The summed E-state index contributed by atoms with van der Waals surface area (Å²) in [4.78, 5) is 11.1. The highest BCUT2D eigenvalue weighted by atomic mass is 35.5. The topological polar surface area (TPSA) is 37.3 Å². The Balaban J connectivity index is 2.26. The fourth-order valence-electron chi connectivity index (χ4n) is 2.96. The average Bonchev–Trinajstić information content (AvgIpc) is 2.64. The Morgan fingerprint density at radius 1 is 1.26 bits per heavy atom. The van der Waals surface area contributed by atoms with E-state index < -0.39 is 5.97 Å². The molecule has 1 atom stereocenters. The van der Waals surface area contributed by atoms with Gasteiger partial charge in [-0.05, 0) is 46.9 Å². The molecule has 2 aromatic rings. The summed E-state index contributed by atoms with van der Waals surface area (Å²) in [6.45, 7) is 2.06. The molecule has 0 amide bonds. The van der Waals surface area contributed by atoms with E-state index in [2.05, 4.69) is 13.0 Å². The van der Waals surface area contributed by atoms with Crippen molar-refractivity contribution >= 4 is 17.6 Å². The first-order valence-electron chi connectivity index (χ1n) is 6.19. The fourth-order valence-corrected chi connectivity index (χ4v) is 3.14. The molecule has 96 valence electrons. The summed E-state index contributed by atoms with van der Waals surface area (Å²) in [5.74, 6) is -0.883. The van der Waals surface area contributed by atoms with Gasteiger partial charge >= 0.3 is 5.97 Å². The van der Waals surface area contributed by atoms with Crippen molar-refractivity contribution in [3.05, 3.63) is 58.1 Å². The molecule has 2 nitrogen and oxygen atoms in total. The summed E-state index contributed by atoms with van der Waals surface area (Å²) >= 11 is 6.06. The minimum atomic E-state index is -0.787. The van der Waals surface area contributed by atoms with Gasteiger partial charge in [-0.3, -0.25) is 4.79 Å². The standard InChI is InChI=1S/C16H13ClO2/c1-9-3-2-4-11-14(8-15(18)19)13-7-10(17)5-6-12(13)16(9)11/h2-7,14H,8H2,1H3,(H,18,19). The Hall–Kier alpha value is -1.80. The second kappa shape index (κ2) is 4.39. The van der Waals surface area contributed by atoms with Crippen molar-refractivity contribution in [1.82, 2.24) is 0 Å². The second-order valence-electron chi connectivity index (χ2n) is 4.92. The van der Waals surface area contributed by atoms with Gasteiger partial charge in [0.15, 0.2) is 0 Å². The minimum absolute atomic E-state index is 0.0962. The Kier molecular flexibility index (Phi) is 2.83. The molecule has 2 aromatic carbocycles. The van der Waals surface area contributed by atoms with Crippen LogP contribution >= 0.6 is 11.6 Å². The fraction of sp³-hybridized carbons (Fsp3) is 0.188. The van der Waals surface area contributed by atoms with E-state index in [1.807, 2.05) is 30.3 Å². The number of fused-ring (bicyclic) bond motifs is 3. The third kappa shape index (κ3) is 1.92. The summed E-state index contributed by atoms with van der Waals surface area (Å²) in [5.41, 5.74) is 5.58. The van der Waals surface area contributed by atoms with E-state index in [0.29, 0.717) is 5.02 Å². The smallest absolute Gasteiger partial charge is 0.304 e. The highest BCUT2D eigenvalue weighted by Gasteiger charge is 2.31. The van der Waals surface area contributed by atoms with Gasteiger partial charge in [0.05, 0.1) is 6.42 Å². The van der Waals surface area contributed by atoms with Gasteiger partial charge in [-0.1, -0.05) is 35.9 Å². The molecule has 1 N–H and O–H groups in total. The lowest BCUT2D eigenvalue weighted by Gasteiger charge is -2.11. The normalized spacial score (nSPS) is 16.0. The summed E-state index contributed by atoms with van der Waals surface area (Å²) < 4.78 is 0. The first-order chi connectivity index (χ1) is 9.08. The second-order valence-corrected chi connectivity index (χ2v) is 5.36. The van der Waals surface area contributed by atoms with Gasteiger partial charge in [-0.25, -0.2) is 0 Å². The number of benzene rings is 2. The number of rotatable bonds is 2. The molecule has 0 heterocycles. The van der Waals surface area contributed by atoms with Crippen molar-refractivity contribution in [2.45, 2.75) is 19.3 Å². The van der Waals surface area contributed by atoms with Crippen LogP contribution in [0.15, 0.2) is 36.4 Å². The quantitative estimate of drug-likeness (QED) is 0.888. The Morgan fingerprint density at radius 2 is 2.05 bits per heavy atom. The Morgan fingerprint density at radius 3 is 2.79 bits per heavy atom. The average molecular weight is 273 g/mol. The van der Waals surface area contributed by atoms with Crippen LogP contribution in [0.3, 0.4) is 0 Å². The zero-order chi connectivity index (χ0) is 13.6. The molecular formula is C16H13ClO2. The molecular weight excluding hydrogens is 260 g/mol. The first kappa shape index (κ1) is 12.2. The van der Waals surface area contributed by atoms with Crippen molar-refractivity contribution in [3.8, 4) is 11.1 Å². The van der Waals surface area contributed by atoms with Gasteiger partial charge in [0, 0.05) is 10.9 Å². The molecule has 0 saturated carbocycles. The Labute approximate surface area is 116 Å². The maximum absolute atomic E-state index is 11.1. The zero-order valence-electron chi connectivity index (χ0n) is 10.5. The minimum Gasteiger partial charge on any atom is -0.481 e. The third-order valence-corrected chi connectivity index (χ3v) is 3.95. The number of carbonyl (C=O) groups is 1. The van der Waals surface area contributed by atoms with E-state index in [1.54, 1.807) is 0 Å². The van der Waals surface area contributed by atoms with Gasteiger partial charge < -0.3 is 5.11 Å². The number of hydrogen-bond donors (Lipinski definition) is 1. The van der Waals surface area contributed by atoms with Crippen LogP contribution in [0.1, 0.15) is 29.0 Å². The molecule has 1 aliphatic rings. The number of carboxylic acids is 1. The van der Waals surface area contributed by atoms with Gasteiger partial charge in [-0.2, -0.15) is 0 Å². The van der Waals surface area contributed by atoms with E-state index in [1.165, 1.54) is 11.1 Å². The maximum Gasteiger partial charge on any atom is 0.304 e. The molecule has 0 spiro atoms. The monoisotopic (exact) mass is 272 g/mol. The molecule has 1 unspecified atom stereocenters. The molecule has 3 heteroatoms. The summed E-state index contributed by atoms with van der Waals surface area (Å²) in [6.07, 6.45) is 0.101. The van der Waals surface area contributed by atoms with Crippen LogP contribution in [0.2, 0.25) is 5.02 Å². The molecule has 3 rings (SSSR count). The van der Waals surface area contributed by atoms with Gasteiger partial charge in [0.2, 0.25) is 0 Å². The van der Waals surface area contributed by atoms with Crippen LogP contribution in [0.4, 0.5) is 0 Å². The number of halogens is 1. The van der Waals surface area contributed by atoms with Gasteiger partial charge in [0.1, 0.15) is 0 Å². The number of aryl methyl sites for hydroxylation is 1. The van der Waals surface area contributed by atoms with E-state index >= 15 is 0 Å². The van der Waals surface area contributed by atoms with E-state index in [9.17, 15) is 4.79 Å². The van der Waals surface area contributed by atoms with Crippen LogP contribution in [0, 0.1) is 6.92 Å². The lowest BCUT2D eigenvalue weighted by molar-refractivity contribution is -0.137. The van der Waals surface area contributed by atoms with Crippen molar-refractivity contribution in [3.63, 3.8) is 0 Å².